The van der Waals surface area contributed by atoms with Gasteiger partial charge in [-0.2, -0.15) is 0 Å². The highest BCUT2D eigenvalue weighted by molar-refractivity contribution is 7.91. The van der Waals surface area contributed by atoms with Gasteiger partial charge in [-0.1, -0.05) is 6.07 Å². The molecule has 0 radical (unpaired) electrons. The Balaban J connectivity index is 1.85. The van der Waals surface area contributed by atoms with Crippen molar-refractivity contribution in [3.8, 4) is 5.75 Å². The Hall–Kier alpha value is -2.09. The van der Waals surface area contributed by atoms with Crippen LogP contribution in [0.25, 0.3) is 0 Å². The van der Waals surface area contributed by atoms with Crippen LogP contribution in [0.5, 0.6) is 5.75 Å². The fourth-order valence-electron chi connectivity index (χ4n) is 2.16. The molecule has 0 bridgehead atoms. The van der Waals surface area contributed by atoms with Crippen molar-refractivity contribution in [3.05, 3.63) is 29.8 Å². The number of benzene rings is 1. The second kappa shape index (κ2) is 6.78. The first-order valence-corrected chi connectivity index (χ1v) is 8.53. The molecule has 1 aliphatic heterocycles. The molecule has 1 aromatic carbocycles. The number of esters is 1. The van der Waals surface area contributed by atoms with Crippen LogP contribution in [0.3, 0.4) is 0 Å². The van der Waals surface area contributed by atoms with Gasteiger partial charge < -0.3 is 14.8 Å². The minimum Gasteiger partial charge on any atom is -0.484 e. The van der Waals surface area contributed by atoms with Crippen LogP contribution in [0.4, 0.5) is 0 Å². The third-order valence-electron chi connectivity index (χ3n) is 3.22. The summed E-state index contributed by atoms with van der Waals surface area (Å²) < 4.78 is 32.5. The van der Waals surface area contributed by atoms with Crippen molar-refractivity contribution in [1.82, 2.24) is 5.32 Å². The molecule has 1 N–H and O–H groups in total. The van der Waals surface area contributed by atoms with Gasteiger partial charge >= 0.3 is 5.97 Å². The van der Waals surface area contributed by atoms with Gasteiger partial charge in [0.2, 0.25) is 0 Å². The third kappa shape index (κ3) is 4.45. The average molecular weight is 327 g/mol. The van der Waals surface area contributed by atoms with Gasteiger partial charge in [-0.15, -0.1) is 0 Å². The van der Waals surface area contributed by atoms with Crippen LogP contribution >= 0.6 is 0 Å². The molecule has 0 unspecified atom stereocenters. The van der Waals surface area contributed by atoms with Gasteiger partial charge in [0.15, 0.2) is 16.4 Å². The van der Waals surface area contributed by atoms with Crippen molar-refractivity contribution < 1.29 is 27.5 Å². The Morgan fingerprint density at radius 3 is 2.77 bits per heavy atom. The Labute approximate surface area is 128 Å². The molecule has 1 amide bonds. The van der Waals surface area contributed by atoms with Crippen LogP contribution in [0.1, 0.15) is 16.8 Å². The van der Waals surface area contributed by atoms with Gasteiger partial charge in [0.1, 0.15) is 5.75 Å². The first-order chi connectivity index (χ1) is 10.4. The Morgan fingerprint density at radius 2 is 2.14 bits per heavy atom. The summed E-state index contributed by atoms with van der Waals surface area (Å²) in [5.74, 6) is -0.468. The van der Waals surface area contributed by atoms with Crippen molar-refractivity contribution >= 4 is 21.7 Å². The zero-order valence-electron chi connectivity index (χ0n) is 12.1. The number of methoxy groups -OCH3 is 1. The van der Waals surface area contributed by atoms with E-state index in [0.29, 0.717) is 17.7 Å². The minimum atomic E-state index is -3.03. The van der Waals surface area contributed by atoms with E-state index in [2.05, 4.69) is 10.1 Å². The normalized spacial score (nSPS) is 19.4. The maximum Gasteiger partial charge on any atom is 0.337 e. The second-order valence-corrected chi connectivity index (χ2v) is 7.20. The fraction of sp³-hybridized carbons (Fsp3) is 0.429. The number of hydrogen-bond acceptors (Lipinski definition) is 6. The van der Waals surface area contributed by atoms with E-state index in [1.807, 2.05) is 0 Å². The van der Waals surface area contributed by atoms with Crippen LogP contribution in [-0.2, 0) is 19.4 Å². The van der Waals surface area contributed by atoms with Crippen LogP contribution in [0.2, 0.25) is 0 Å². The molecule has 8 heteroatoms. The van der Waals surface area contributed by atoms with Crippen molar-refractivity contribution in [2.75, 3.05) is 25.2 Å². The summed E-state index contributed by atoms with van der Waals surface area (Å²) in [5, 5.41) is 2.62. The van der Waals surface area contributed by atoms with E-state index in [1.165, 1.54) is 13.2 Å². The summed E-state index contributed by atoms with van der Waals surface area (Å²) in [5.41, 5.74) is 0.322. The molecule has 0 aliphatic carbocycles. The lowest BCUT2D eigenvalue weighted by molar-refractivity contribution is -0.123. The zero-order chi connectivity index (χ0) is 16.2. The van der Waals surface area contributed by atoms with Crippen molar-refractivity contribution in [1.29, 1.82) is 0 Å². The standard InChI is InChI=1S/C14H17NO6S/c1-20-14(17)10-3-2-4-12(7-10)21-8-13(16)15-11-5-6-22(18,19)9-11/h2-4,7,11H,5-6,8-9H2,1H3,(H,15,16)/t11-/m0/s1. The van der Waals surface area contributed by atoms with E-state index < -0.39 is 21.7 Å². The van der Waals surface area contributed by atoms with E-state index >= 15 is 0 Å². The molecule has 0 aromatic heterocycles. The van der Waals surface area contributed by atoms with Gasteiger partial charge in [-0.05, 0) is 24.6 Å². The lowest BCUT2D eigenvalue weighted by atomic mass is 10.2. The molecule has 0 spiro atoms. The van der Waals surface area contributed by atoms with E-state index in [-0.39, 0.29) is 24.2 Å². The van der Waals surface area contributed by atoms with Gasteiger partial charge in [0, 0.05) is 6.04 Å². The molecule has 1 atom stereocenters. The Kier molecular flexibility index (Phi) is 5.02. The monoisotopic (exact) mass is 327 g/mol. The summed E-state index contributed by atoms with van der Waals surface area (Å²) in [6.07, 6.45) is 0.423. The largest absolute Gasteiger partial charge is 0.484 e. The highest BCUT2D eigenvalue weighted by Crippen LogP contribution is 2.14. The number of nitrogens with one attached hydrogen (secondary N) is 1. The summed E-state index contributed by atoms with van der Waals surface area (Å²) in [6.45, 7) is -0.249. The molecule has 1 heterocycles. The van der Waals surface area contributed by atoms with E-state index in [0.717, 1.165) is 0 Å². The summed E-state index contributed by atoms with van der Waals surface area (Å²) in [6, 6.07) is 5.91. The molecule has 1 aliphatic rings. The number of carbonyl (C=O) groups is 2. The molecule has 1 saturated heterocycles. The first kappa shape index (κ1) is 16.3. The molecular formula is C14H17NO6S. The van der Waals surface area contributed by atoms with Gasteiger partial charge in [-0.25, -0.2) is 13.2 Å². The van der Waals surface area contributed by atoms with Crippen molar-refractivity contribution in [2.45, 2.75) is 12.5 Å². The average Bonchev–Trinajstić information content (AvgIpc) is 2.83. The maximum absolute atomic E-state index is 11.7. The van der Waals surface area contributed by atoms with Crippen LogP contribution in [-0.4, -0.2) is 51.6 Å². The lowest BCUT2D eigenvalue weighted by Gasteiger charge is -2.12. The highest BCUT2D eigenvalue weighted by Gasteiger charge is 2.28. The Bertz CT molecular complexity index is 670. The molecule has 7 nitrogen and oxygen atoms in total. The molecule has 1 fully saturated rings. The van der Waals surface area contributed by atoms with Crippen LogP contribution < -0.4 is 10.1 Å². The van der Waals surface area contributed by atoms with E-state index in [9.17, 15) is 18.0 Å². The third-order valence-corrected chi connectivity index (χ3v) is 4.99. The molecular weight excluding hydrogens is 310 g/mol. The minimum absolute atomic E-state index is 0.0312. The molecule has 120 valence electrons. The SMILES string of the molecule is COC(=O)c1cccc(OCC(=O)N[C@H]2CCS(=O)(=O)C2)c1. The topological polar surface area (TPSA) is 98.8 Å². The number of rotatable bonds is 5. The number of hydrogen-bond donors (Lipinski definition) is 1. The molecule has 22 heavy (non-hydrogen) atoms. The predicted molar refractivity (Wildman–Crippen MR) is 78.5 cm³/mol. The van der Waals surface area contributed by atoms with Gasteiger partial charge in [0.25, 0.3) is 5.91 Å². The summed E-state index contributed by atoms with van der Waals surface area (Å²) >= 11 is 0. The fourth-order valence-corrected chi connectivity index (χ4v) is 3.83. The lowest BCUT2D eigenvalue weighted by Crippen LogP contribution is -2.38. The van der Waals surface area contributed by atoms with Gasteiger partial charge in [-0.3, -0.25) is 4.79 Å². The molecule has 2 rings (SSSR count). The van der Waals surface area contributed by atoms with Crippen LogP contribution in [0, 0.1) is 0 Å². The summed E-state index contributed by atoms with van der Waals surface area (Å²) in [7, 11) is -1.76. The van der Waals surface area contributed by atoms with E-state index in [1.54, 1.807) is 18.2 Å². The smallest absolute Gasteiger partial charge is 0.337 e. The Morgan fingerprint density at radius 1 is 1.36 bits per heavy atom. The molecule has 0 saturated carbocycles. The molecule has 1 aromatic rings. The second-order valence-electron chi connectivity index (χ2n) is 4.98. The number of ether oxygens (including phenoxy) is 2. The quantitative estimate of drug-likeness (QED) is 0.773. The number of sulfone groups is 1. The maximum atomic E-state index is 11.7. The van der Waals surface area contributed by atoms with Gasteiger partial charge in [0.05, 0.1) is 24.2 Å². The summed E-state index contributed by atoms with van der Waals surface area (Å²) in [4.78, 5) is 23.1. The van der Waals surface area contributed by atoms with E-state index in [4.69, 9.17) is 4.74 Å². The first-order valence-electron chi connectivity index (χ1n) is 6.70. The predicted octanol–water partition coefficient (Wildman–Crippen LogP) is 0.155. The van der Waals surface area contributed by atoms with Crippen LogP contribution in [0.15, 0.2) is 24.3 Å². The highest BCUT2D eigenvalue weighted by atomic mass is 32.2. The number of amides is 1. The zero-order valence-corrected chi connectivity index (χ0v) is 12.9. The van der Waals surface area contributed by atoms with Crippen molar-refractivity contribution in [2.24, 2.45) is 0 Å². The number of carbonyl (C=O) groups excluding carboxylic acids is 2. The van der Waals surface area contributed by atoms with Crippen molar-refractivity contribution in [3.63, 3.8) is 0 Å².